The maximum atomic E-state index is 10.4. The van der Waals surface area contributed by atoms with Crippen molar-refractivity contribution in [3.05, 3.63) is 35.9 Å². The lowest BCUT2D eigenvalue weighted by molar-refractivity contribution is 0.155. The Bertz CT molecular complexity index is 339. The van der Waals surface area contributed by atoms with Gasteiger partial charge in [0.1, 0.15) is 6.61 Å². The van der Waals surface area contributed by atoms with Gasteiger partial charge in [-0.2, -0.15) is 0 Å². The predicted octanol–water partition coefficient (Wildman–Crippen LogP) is 2.07. The Balaban J connectivity index is 2.48. The molecule has 1 unspecified atom stereocenters. The number of benzene rings is 1. The summed E-state index contributed by atoms with van der Waals surface area (Å²) in [5.74, 6) is 0.464. The van der Waals surface area contributed by atoms with E-state index in [0.29, 0.717) is 19.1 Å². The summed E-state index contributed by atoms with van der Waals surface area (Å²) in [6, 6.07) is 10.5. The molecule has 0 radical (unpaired) electrons. The average molecular weight is 236 g/mol. The van der Waals surface area contributed by atoms with Crippen LogP contribution in [-0.4, -0.2) is 19.2 Å². The van der Waals surface area contributed by atoms with Crippen LogP contribution in [0.2, 0.25) is 0 Å². The van der Waals surface area contributed by atoms with E-state index >= 15 is 0 Å². The van der Waals surface area contributed by atoms with E-state index in [0.717, 1.165) is 0 Å². The molecule has 4 heteroatoms. The van der Waals surface area contributed by atoms with Crippen LogP contribution in [0.1, 0.15) is 25.5 Å². The molecular weight excluding hydrogens is 216 g/mol. The van der Waals surface area contributed by atoms with E-state index in [1.165, 1.54) is 5.56 Å². The summed E-state index contributed by atoms with van der Waals surface area (Å²) >= 11 is 0. The molecule has 1 rings (SSSR count). The fourth-order valence-corrected chi connectivity index (χ4v) is 1.76. The van der Waals surface area contributed by atoms with E-state index in [2.05, 4.69) is 36.0 Å². The number of hydrogen-bond donors (Lipinski definition) is 2. The van der Waals surface area contributed by atoms with Crippen LogP contribution >= 0.6 is 0 Å². The topological polar surface area (TPSA) is 64.3 Å². The minimum Gasteiger partial charge on any atom is -0.448 e. The zero-order chi connectivity index (χ0) is 12.7. The summed E-state index contributed by atoms with van der Waals surface area (Å²) in [4.78, 5) is 10.4. The lowest BCUT2D eigenvalue weighted by atomic mass is 9.96. The first kappa shape index (κ1) is 13.5. The molecule has 4 nitrogen and oxygen atoms in total. The van der Waals surface area contributed by atoms with Gasteiger partial charge < -0.3 is 15.8 Å². The minimum atomic E-state index is -0.729. The van der Waals surface area contributed by atoms with Gasteiger partial charge in [-0.3, -0.25) is 0 Å². The monoisotopic (exact) mass is 236 g/mol. The maximum Gasteiger partial charge on any atom is 0.404 e. The fraction of sp³-hybridized carbons (Fsp3) is 0.462. The molecule has 1 amide bonds. The lowest BCUT2D eigenvalue weighted by Gasteiger charge is -2.22. The van der Waals surface area contributed by atoms with Crippen molar-refractivity contribution in [2.75, 3.05) is 13.2 Å². The van der Waals surface area contributed by atoms with E-state index in [4.69, 9.17) is 5.73 Å². The second-order valence-corrected chi connectivity index (χ2v) is 4.25. The Morgan fingerprint density at radius 1 is 1.35 bits per heavy atom. The molecule has 0 aliphatic carbocycles. The first-order valence-corrected chi connectivity index (χ1v) is 5.82. The van der Waals surface area contributed by atoms with E-state index in [-0.39, 0.29) is 6.04 Å². The van der Waals surface area contributed by atoms with E-state index in [1.54, 1.807) is 0 Å². The Morgan fingerprint density at radius 3 is 2.53 bits per heavy atom. The number of rotatable bonds is 6. The number of carbonyl (C=O) groups is 1. The van der Waals surface area contributed by atoms with Gasteiger partial charge in [0.15, 0.2) is 0 Å². The van der Waals surface area contributed by atoms with Crippen molar-refractivity contribution in [3.63, 3.8) is 0 Å². The molecule has 1 aromatic carbocycles. The first-order chi connectivity index (χ1) is 8.11. The summed E-state index contributed by atoms with van der Waals surface area (Å²) < 4.78 is 4.68. The molecule has 1 aromatic rings. The summed E-state index contributed by atoms with van der Waals surface area (Å²) in [6.45, 7) is 5.20. The lowest BCUT2D eigenvalue weighted by Crippen LogP contribution is -2.30. The van der Waals surface area contributed by atoms with Crippen molar-refractivity contribution < 1.29 is 9.53 Å². The summed E-state index contributed by atoms with van der Waals surface area (Å²) in [5, 5.41) is 3.36. The standard InChI is InChI=1S/C13H20N2O2/c1-10(2)12(11-6-4-3-5-7-11)15-8-9-17-13(14)16/h3-7,10,12,15H,8-9H2,1-2H3,(H2,14,16). The number of carbonyl (C=O) groups excluding carboxylic acids is 1. The van der Waals surface area contributed by atoms with Gasteiger partial charge in [0.05, 0.1) is 0 Å². The highest BCUT2D eigenvalue weighted by molar-refractivity contribution is 5.64. The molecule has 0 spiro atoms. The van der Waals surface area contributed by atoms with E-state index in [9.17, 15) is 4.79 Å². The summed E-state index contributed by atoms with van der Waals surface area (Å²) in [5.41, 5.74) is 6.13. The van der Waals surface area contributed by atoms with Gasteiger partial charge in [-0.25, -0.2) is 4.79 Å². The van der Waals surface area contributed by atoms with Gasteiger partial charge in [-0.15, -0.1) is 0 Å². The second-order valence-electron chi connectivity index (χ2n) is 4.25. The van der Waals surface area contributed by atoms with Crippen LogP contribution in [0.25, 0.3) is 0 Å². The normalized spacial score (nSPS) is 12.4. The van der Waals surface area contributed by atoms with Crippen LogP contribution in [0, 0.1) is 5.92 Å². The van der Waals surface area contributed by atoms with E-state index in [1.807, 2.05) is 18.2 Å². The number of nitrogens with one attached hydrogen (secondary N) is 1. The number of nitrogens with two attached hydrogens (primary N) is 1. The van der Waals surface area contributed by atoms with Gasteiger partial charge >= 0.3 is 6.09 Å². The number of hydrogen-bond acceptors (Lipinski definition) is 3. The molecule has 0 saturated carbocycles. The molecule has 1 atom stereocenters. The van der Waals surface area contributed by atoms with Crippen molar-refractivity contribution in [2.24, 2.45) is 11.7 Å². The number of ether oxygens (including phenoxy) is 1. The fourth-order valence-electron chi connectivity index (χ4n) is 1.76. The van der Waals surface area contributed by atoms with Gasteiger partial charge in [0.25, 0.3) is 0 Å². The molecule has 0 bridgehead atoms. The third kappa shape index (κ3) is 4.87. The number of amides is 1. The molecular formula is C13H20N2O2. The van der Waals surface area contributed by atoms with Gasteiger partial charge in [-0.1, -0.05) is 44.2 Å². The summed E-state index contributed by atoms with van der Waals surface area (Å²) in [7, 11) is 0. The highest BCUT2D eigenvalue weighted by atomic mass is 16.5. The SMILES string of the molecule is CC(C)C(NCCOC(N)=O)c1ccccc1. The molecule has 0 aromatic heterocycles. The van der Waals surface area contributed by atoms with Crippen molar-refractivity contribution in [1.82, 2.24) is 5.32 Å². The Morgan fingerprint density at radius 2 is 2.00 bits per heavy atom. The molecule has 17 heavy (non-hydrogen) atoms. The zero-order valence-corrected chi connectivity index (χ0v) is 10.3. The minimum absolute atomic E-state index is 0.257. The smallest absolute Gasteiger partial charge is 0.404 e. The molecule has 0 fully saturated rings. The highest BCUT2D eigenvalue weighted by Crippen LogP contribution is 2.20. The predicted molar refractivity (Wildman–Crippen MR) is 67.6 cm³/mol. The Kier molecular flexibility index (Phi) is 5.49. The van der Waals surface area contributed by atoms with Crippen LogP contribution in [-0.2, 0) is 4.74 Å². The third-order valence-electron chi connectivity index (χ3n) is 2.54. The van der Waals surface area contributed by atoms with Crippen molar-refractivity contribution in [3.8, 4) is 0 Å². The van der Waals surface area contributed by atoms with Gasteiger partial charge in [-0.05, 0) is 11.5 Å². The third-order valence-corrected chi connectivity index (χ3v) is 2.54. The van der Waals surface area contributed by atoms with Crippen LogP contribution in [0.4, 0.5) is 4.79 Å². The van der Waals surface area contributed by atoms with Crippen LogP contribution < -0.4 is 11.1 Å². The van der Waals surface area contributed by atoms with Crippen LogP contribution in [0.15, 0.2) is 30.3 Å². The molecule has 0 aliphatic rings. The first-order valence-electron chi connectivity index (χ1n) is 5.82. The van der Waals surface area contributed by atoms with Gasteiger partial charge in [0.2, 0.25) is 0 Å². The largest absolute Gasteiger partial charge is 0.448 e. The molecule has 0 heterocycles. The molecule has 3 N–H and O–H groups in total. The van der Waals surface area contributed by atoms with E-state index < -0.39 is 6.09 Å². The van der Waals surface area contributed by atoms with Crippen molar-refractivity contribution in [1.29, 1.82) is 0 Å². The van der Waals surface area contributed by atoms with Crippen LogP contribution in [0.3, 0.4) is 0 Å². The van der Waals surface area contributed by atoms with Gasteiger partial charge in [0, 0.05) is 12.6 Å². The highest BCUT2D eigenvalue weighted by Gasteiger charge is 2.14. The molecule has 0 aliphatic heterocycles. The van der Waals surface area contributed by atoms with Crippen molar-refractivity contribution in [2.45, 2.75) is 19.9 Å². The quantitative estimate of drug-likeness (QED) is 0.743. The van der Waals surface area contributed by atoms with Crippen LogP contribution in [0.5, 0.6) is 0 Å². The number of primary amides is 1. The summed E-state index contributed by atoms with van der Waals surface area (Å²) in [6.07, 6.45) is -0.729. The Labute approximate surface area is 102 Å². The molecule has 0 saturated heterocycles. The van der Waals surface area contributed by atoms with Crippen molar-refractivity contribution >= 4 is 6.09 Å². The molecule has 94 valence electrons. The Hall–Kier alpha value is -1.55. The second kappa shape index (κ2) is 6.91. The maximum absolute atomic E-state index is 10.4. The zero-order valence-electron chi connectivity index (χ0n) is 10.3. The average Bonchev–Trinajstić information content (AvgIpc) is 2.29.